The van der Waals surface area contributed by atoms with Crippen molar-refractivity contribution in [3.63, 3.8) is 0 Å². The van der Waals surface area contributed by atoms with Crippen molar-refractivity contribution in [3.8, 4) is 0 Å². The maximum Gasteiger partial charge on any atom is 0.326 e. The Balaban J connectivity index is 2.56. The topological polar surface area (TPSA) is 95.6 Å². The zero-order chi connectivity index (χ0) is 10.8. The summed E-state index contributed by atoms with van der Waals surface area (Å²) < 4.78 is 12.1. The summed E-state index contributed by atoms with van der Waals surface area (Å²) in [6, 6.07) is 0. The average molecular weight is 238 g/mol. The molecule has 6 nitrogen and oxygen atoms in total. The highest BCUT2D eigenvalue weighted by molar-refractivity contribution is 7.55. The lowest BCUT2D eigenvalue weighted by Gasteiger charge is -2.13. The number of aromatic nitrogens is 2. The molecule has 0 saturated carbocycles. The first-order valence-electron chi connectivity index (χ1n) is 3.90. The molecule has 0 spiro atoms. The summed E-state index contributed by atoms with van der Waals surface area (Å²) in [5.41, 5.74) is 0.782. The van der Waals surface area contributed by atoms with E-state index in [1.165, 1.54) is 10.7 Å². The largest absolute Gasteiger partial charge is 0.354 e. The van der Waals surface area contributed by atoms with Crippen LogP contribution in [-0.2, 0) is 4.57 Å². The molecule has 0 radical (unpaired) electrons. The number of hydrogen-bond acceptors (Lipinski definition) is 3. The summed E-state index contributed by atoms with van der Waals surface area (Å²) in [4.78, 5) is 30.6. The minimum atomic E-state index is -4.01. The number of nitrogens with zero attached hydrogens (tertiary/aromatic N) is 2. The molecule has 0 aliphatic rings. The molecule has 0 amide bonds. The zero-order valence-electron chi connectivity index (χ0n) is 7.61. The first-order valence-corrected chi connectivity index (χ1v) is 7.13. The van der Waals surface area contributed by atoms with Crippen LogP contribution in [0.2, 0.25) is 0 Å². The van der Waals surface area contributed by atoms with Crippen molar-refractivity contribution < 1.29 is 19.2 Å². The standard InChI is InChI=1S/C6H12N2O4P2/c1-6-4-7-5-8(6)13(9)2-3-14(10,11)12/h4-5,9H,2-3H2,1H3,(H2,10,11,12). The van der Waals surface area contributed by atoms with Crippen molar-refractivity contribution in [2.75, 3.05) is 12.3 Å². The molecule has 80 valence electrons. The molecule has 0 aliphatic heterocycles. The fraction of sp³-hybridized carbons (Fsp3) is 0.500. The van der Waals surface area contributed by atoms with E-state index in [4.69, 9.17) is 9.79 Å². The number of imidazole rings is 1. The van der Waals surface area contributed by atoms with Crippen LogP contribution in [0.25, 0.3) is 0 Å². The van der Waals surface area contributed by atoms with E-state index in [9.17, 15) is 9.46 Å². The minimum Gasteiger partial charge on any atom is -0.354 e. The first-order chi connectivity index (χ1) is 6.40. The van der Waals surface area contributed by atoms with Crippen LogP contribution in [0, 0.1) is 6.92 Å². The molecule has 0 saturated heterocycles. The Morgan fingerprint density at radius 3 is 2.71 bits per heavy atom. The van der Waals surface area contributed by atoms with Gasteiger partial charge in [0.25, 0.3) is 0 Å². The van der Waals surface area contributed by atoms with Gasteiger partial charge in [-0.2, -0.15) is 0 Å². The Labute approximate surface area is 82.7 Å². The molecule has 1 aromatic heterocycles. The van der Waals surface area contributed by atoms with E-state index in [1.807, 2.05) is 0 Å². The Morgan fingerprint density at radius 1 is 1.64 bits per heavy atom. The molecule has 0 aliphatic carbocycles. The Hall–Kier alpha value is -0.250. The maximum absolute atomic E-state index is 10.6. The van der Waals surface area contributed by atoms with E-state index >= 15 is 0 Å². The van der Waals surface area contributed by atoms with Gasteiger partial charge < -0.3 is 14.7 Å². The van der Waals surface area contributed by atoms with Crippen LogP contribution in [0.4, 0.5) is 0 Å². The lowest BCUT2D eigenvalue weighted by Crippen LogP contribution is -2.00. The number of hydrogen-bond donors (Lipinski definition) is 3. The molecule has 8 heteroatoms. The second-order valence-corrected chi connectivity index (χ2v) is 6.26. The SMILES string of the molecule is Cc1cncn1P(O)CCP(=O)(O)O. The third-order valence-electron chi connectivity index (χ3n) is 1.64. The molecule has 1 aromatic rings. The van der Waals surface area contributed by atoms with Gasteiger partial charge in [0.1, 0.15) is 8.30 Å². The summed E-state index contributed by atoms with van der Waals surface area (Å²) in [5.74, 6) is 0. The molecule has 3 N–H and O–H groups in total. The van der Waals surface area contributed by atoms with E-state index in [1.54, 1.807) is 13.1 Å². The molecule has 14 heavy (non-hydrogen) atoms. The van der Waals surface area contributed by atoms with E-state index in [0.717, 1.165) is 5.69 Å². The van der Waals surface area contributed by atoms with Gasteiger partial charge in [-0.05, 0) is 6.92 Å². The highest BCUT2D eigenvalue weighted by Crippen LogP contribution is 2.41. The third-order valence-corrected chi connectivity index (χ3v) is 4.34. The Morgan fingerprint density at radius 2 is 2.29 bits per heavy atom. The maximum atomic E-state index is 10.6. The average Bonchev–Trinajstić information content (AvgIpc) is 2.46. The van der Waals surface area contributed by atoms with Crippen molar-refractivity contribution in [2.45, 2.75) is 6.92 Å². The molecule has 0 bridgehead atoms. The number of aryl methyl sites for hydroxylation is 1. The lowest BCUT2D eigenvalue weighted by atomic mass is 10.6. The second-order valence-electron chi connectivity index (χ2n) is 2.86. The molecule has 0 fully saturated rings. The van der Waals surface area contributed by atoms with Gasteiger partial charge in [-0.1, -0.05) is 0 Å². The lowest BCUT2D eigenvalue weighted by molar-refractivity contribution is 0.374. The van der Waals surface area contributed by atoms with Crippen LogP contribution in [0.1, 0.15) is 5.69 Å². The van der Waals surface area contributed by atoms with E-state index in [0.29, 0.717) is 0 Å². The molecule has 1 atom stereocenters. The van der Waals surface area contributed by atoms with E-state index in [2.05, 4.69) is 4.98 Å². The van der Waals surface area contributed by atoms with Crippen LogP contribution >= 0.6 is 15.9 Å². The molecule has 0 aromatic carbocycles. The van der Waals surface area contributed by atoms with Gasteiger partial charge in [-0.15, -0.1) is 0 Å². The van der Waals surface area contributed by atoms with E-state index in [-0.39, 0.29) is 12.3 Å². The number of rotatable bonds is 4. The molecule has 1 unspecified atom stereocenters. The van der Waals surface area contributed by atoms with Crippen LogP contribution in [0.3, 0.4) is 0 Å². The van der Waals surface area contributed by atoms with Gasteiger partial charge in [0, 0.05) is 18.1 Å². The highest BCUT2D eigenvalue weighted by Gasteiger charge is 2.17. The van der Waals surface area contributed by atoms with E-state index < -0.39 is 15.9 Å². The van der Waals surface area contributed by atoms with Gasteiger partial charge in [-0.3, -0.25) is 8.90 Å². The van der Waals surface area contributed by atoms with Crippen molar-refractivity contribution in [2.24, 2.45) is 0 Å². The van der Waals surface area contributed by atoms with Gasteiger partial charge in [-0.25, -0.2) is 4.98 Å². The summed E-state index contributed by atoms with van der Waals surface area (Å²) in [5, 5.41) is 0. The van der Waals surface area contributed by atoms with Crippen molar-refractivity contribution in [1.82, 2.24) is 9.32 Å². The Kier molecular flexibility index (Phi) is 3.81. The van der Waals surface area contributed by atoms with Gasteiger partial charge in [0.05, 0.1) is 12.5 Å². The first kappa shape index (κ1) is 11.8. The predicted molar refractivity (Wildman–Crippen MR) is 53.3 cm³/mol. The monoisotopic (exact) mass is 238 g/mol. The molecular formula is C6H12N2O4P2. The van der Waals surface area contributed by atoms with Crippen molar-refractivity contribution in [1.29, 1.82) is 0 Å². The molecular weight excluding hydrogens is 226 g/mol. The third kappa shape index (κ3) is 3.48. The van der Waals surface area contributed by atoms with Gasteiger partial charge >= 0.3 is 7.60 Å². The second kappa shape index (κ2) is 4.51. The van der Waals surface area contributed by atoms with Crippen LogP contribution in [-0.4, -0.2) is 36.3 Å². The summed E-state index contributed by atoms with van der Waals surface area (Å²) >= 11 is 0. The fourth-order valence-corrected chi connectivity index (χ4v) is 3.49. The minimum absolute atomic E-state index is 0.0802. The van der Waals surface area contributed by atoms with Crippen molar-refractivity contribution >= 4 is 15.9 Å². The van der Waals surface area contributed by atoms with Crippen LogP contribution in [0.5, 0.6) is 0 Å². The van der Waals surface area contributed by atoms with Crippen LogP contribution < -0.4 is 0 Å². The quantitative estimate of drug-likeness (QED) is 0.664. The summed E-state index contributed by atoms with van der Waals surface area (Å²) in [7, 11) is -5.58. The summed E-state index contributed by atoms with van der Waals surface area (Å²) in [6.07, 6.45) is 2.83. The smallest absolute Gasteiger partial charge is 0.326 e. The fourth-order valence-electron chi connectivity index (χ4n) is 0.924. The van der Waals surface area contributed by atoms with Crippen molar-refractivity contribution in [3.05, 3.63) is 18.2 Å². The summed E-state index contributed by atoms with van der Waals surface area (Å²) in [6.45, 7) is 1.77. The highest BCUT2D eigenvalue weighted by atomic mass is 31.2. The van der Waals surface area contributed by atoms with Gasteiger partial charge in [0.2, 0.25) is 0 Å². The van der Waals surface area contributed by atoms with Crippen LogP contribution in [0.15, 0.2) is 12.5 Å². The van der Waals surface area contributed by atoms with Gasteiger partial charge in [0.15, 0.2) is 0 Å². The molecule has 1 heterocycles. The zero-order valence-corrected chi connectivity index (χ0v) is 9.40. The Bertz CT molecular complexity index is 347. The predicted octanol–water partition coefficient (Wildman–Crippen LogP) is 0.522. The molecule has 1 rings (SSSR count). The normalized spacial score (nSPS) is 14.3.